The minimum atomic E-state index is -1.03. The lowest BCUT2D eigenvalue weighted by Gasteiger charge is -2.05. The van der Waals surface area contributed by atoms with Crippen LogP contribution in [0.5, 0.6) is 0 Å². The molecule has 0 aliphatic carbocycles. The number of aromatic nitrogens is 3. The van der Waals surface area contributed by atoms with Gasteiger partial charge in [-0.15, -0.1) is 0 Å². The molecular formula is C11H9Cl2N3O2. The average molecular weight is 286 g/mol. The molecule has 0 saturated carbocycles. The van der Waals surface area contributed by atoms with Crippen molar-refractivity contribution in [3.63, 3.8) is 0 Å². The van der Waals surface area contributed by atoms with Crippen molar-refractivity contribution in [1.29, 1.82) is 0 Å². The Morgan fingerprint density at radius 1 is 1.39 bits per heavy atom. The van der Waals surface area contributed by atoms with Gasteiger partial charge in [0.25, 0.3) is 0 Å². The molecule has 0 fully saturated rings. The third-order valence-electron chi connectivity index (χ3n) is 2.49. The van der Waals surface area contributed by atoms with Crippen LogP contribution in [0.25, 0.3) is 5.82 Å². The number of carboxylic acids is 1. The summed E-state index contributed by atoms with van der Waals surface area (Å²) in [6.45, 7) is 3.27. The third-order valence-corrected chi connectivity index (χ3v) is 2.98. The lowest BCUT2D eigenvalue weighted by atomic mass is 10.2. The zero-order valence-electron chi connectivity index (χ0n) is 9.61. The van der Waals surface area contributed by atoms with Crippen molar-refractivity contribution in [2.24, 2.45) is 0 Å². The quantitative estimate of drug-likeness (QED) is 0.921. The van der Waals surface area contributed by atoms with Crippen LogP contribution in [0.4, 0.5) is 0 Å². The van der Waals surface area contributed by atoms with E-state index in [0.29, 0.717) is 27.3 Å². The van der Waals surface area contributed by atoms with Gasteiger partial charge < -0.3 is 5.11 Å². The molecule has 0 bridgehead atoms. The topological polar surface area (TPSA) is 68.0 Å². The van der Waals surface area contributed by atoms with Crippen LogP contribution in [0.3, 0.4) is 0 Å². The standard InChI is InChI=1S/C11H9Cl2N3O2/c1-5-9(11(17)18)6(2)16(15-5)10-8(13)3-7(12)4-14-10/h3-4H,1-2H3,(H,17,18). The van der Waals surface area contributed by atoms with Gasteiger partial charge in [-0.05, 0) is 19.9 Å². The first kappa shape index (κ1) is 12.9. The van der Waals surface area contributed by atoms with Crippen molar-refractivity contribution < 1.29 is 9.90 Å². The van der Waals surface area contributed by atoms with Crippen LogP contribution in [0, 0.1) is 13.8 Å². The Hall–Kier alpha value is -1.59. The summed E-state index contributed by atoms with van der Waals surface area (Å²) in [6.07, 6.45) is 1.43. The molecule has 0 aromatic carbocycles. The maximum Gasteiger partial charge on any atom is 0.339 e. The molecule has 7 heteroatoms. The van der Waals surface area contributed by atoms with E-state index in [1.54, 1.807) is 13.8 Å². The number of carbonyl (C=O) groups is 1. The highest BCUT2D eigenvalue weighted by Crippen LogP contribution is 2.24. The molecule has 94 valence electrons. The van der Waals surface area contributed by atoms with Crippen molar-refractivity contribution in [3.8, 4) is 5.82 Å². The molecule has 5 nitrogen and oxygen atoms in total. The van der Waals surface area contributed by atoms with Crippen LogP contribution < -0.4 is 0 Å². The Morgan fingerprint density at radius 2 is 2.06 bits per heavy atom. The summed E-state index contributed by atoms with van der Waals surface area (Å²) in [7, 11) is 0. The predicted octanol–water partition coefficient (Wildman–Crippen LogP) is 2.89. The van der Waals surface area contributed by atoms with Crippen LogP contribution in [0.1, 0.15) is 21.7 Å². The van der Waals surface area contributed by atoms with Gasteiger partial charge in [0.15, 0.2) is 5.82 Å². The van der Waals surface area contributed by atoms with Gasteiger partial charge in [0.05, 0.1) is 21.4 Å². The molecule has 0 aliphatic rings. The van der Waals surface area contributed by atoms with E-state index in [1.807, 2.05) is 0 Å². The van der Waals surface area contributed by atoms with Crippen LogP contribution in [-0.4, -0.2) is 25.8 Å². The molecule has 0 saturated heterocycles. The number of aromatic carboxylic acids is 1. The molecule has 2 aromatic heterocycles. The van der Waals surface area contributed by atoms with Gasteiger partial charge in [0.1, 0.15) is 5.56 Å². The maximum absolute atomic E-state index is 11.1. The monoisotopic (exact) mass is 285 g/mol. The molecular weight excluding hydrogens is 277 g/mol. The van der Waals surface area contributed by atoms with Crippen LogP contribution in [-0.2, 0) is 0 Å². The van der Waals surface area contributed by atoms with E-state index in [4.69, 9.17) is 28.3 Å². The van der Waals surface area contributed by atoms with Crippen LogP contribution in [0.2, 0.25) is 10.0 Å². The Bertz CT molecular complexity index is 637. The number of hydrogen-bond acceptors (Lipinski definition) is 3. The van der Waals surface area contributed by atoms with Gasteiger partial charge in [-0.2, -0.15) is 5.10 Å². The second-order valence-corrected chi connectivity index (χ2v) is 4.57. The normalized spacial score (nSPS) is 10.7. The third kappa shape index (κ3) is 2.07. The van der Waals surface area contributed by atoms with Gasteiger partial charge in [0, 0.05) is 6.20 Å². The first-order chi connectivity index (χ1) is 8.41. The molecule has 0 radical (unpaired) electrons. The first-order valence-electron chi connectivity index (χ1n) is 5.02. The molecule has 0 unspecified atom stereocenters. The van der Waals surface area contributed by atoms with Gasteiger partial charge in [-0.1, -0.05) is 23.2 Å². The summed E-state index contributed by atoms with van der Waals surface area (Å²) in [5, 5.41) is 13.9. The van der Waals surface area contributed by atoms with Crippen molar-refractivity contribution in [3.05, 3.63) is 39.3 Å². The Morgan fingerprint density at radius 3 is 2.56 bits per heavy atom. The van der Waals surface area contributed by atoms with E-state index >= 15 is 0 Å². The molecule has 0 aliphatic heterocycles. The number of hydrogen-bond donors (Lipinski definition) is 1. The smallest absolute Gasteiger partial charge is 0.339 e. The van der Waals surface area contributed by atoms with Gasteiger partial charge in [0.2, 0.25) is 0 Å². The fourth-order valence-corrected chi connectivity index (χ4v) is 2.18. The molecule has 0 spiro atoms. The molecule has 18 heavy (non-hydrogen) atoms. The zero-order valence-corrected chi connectivity index (χ0v) is 11.1. The molecule has 0 amide bonds. The minimum absolute atomic E-state index is 0.155. The van der Waals surface area contributed by atoms with Crippen LogP contribution >= 0.6 is 23.2 Å². The molecule has 0 atom stereocenters. The number of rotatable bonds is 2. The largest absolute Gasteiger partial charge is 0.478 e. The first-order valence-corrected chi connectivity index (χ1v) is 5.78. The van der Waals surface area contributed by atoms with Crippen LogP contribution in [0.15, 0.2) is 12.3 Å². The molecule has 2 aromatic rings. The summed E-state index contributed by atoms with van der Waals surface area (Å²) < 4.78 is 1.40. The summed E-state index contributed by atoms with van der Waals surface area (Å²) >= 11 is 11.8. The molecule has 1 N–H and O–H groups in total. The van der Waals surface area contributed by atoms with Crippen molar-refractivity contribution >= 4 is 29.2 Å². The fourth-order valence-electron chi connectivity index (χ4n) is 1.72. The summed E-state index contributed by atoms with van der Waals surface area (Å²) in [4.78, 5) is 15.2. The maximum atomic E-state index is 11.1. The van der Waals surface area contributed by atoms with Gasteiger partial charge in [-0.3, -0.25) is 0 Å². The number of aryl methyl sites for hydroxylation is 1. The van der Waals surface area contributed by atoms with E-state index < -0.39 is 5.97 Å². The Balaban J connectivity index is 2.65. The summed E-state index contributed by atoms with van der Waals surface area (Å²) in [5.41, 5.74) is 1.03. The van der Waals surface area contributed by atoms with E-state index in [0.717, 1.165) is 0 Å². The fraction of sp³-hybridized carbons (Fsp3) is 0.182. The van der Waals surface area contributed by atoms with Gasteiger partial charge in [-0.25, -0.2) is 14.5 Å². The number of pyridine rings is 1. The lowest BCUT2D eigenvalue weighted by Crippen LogP contribution is -2.04. The summed E-state index contributed by atoms with van der Waals surface area (Å²) in [5.74, 6) is -0.671. The SMILES string of the molecule is Cc1nn(-c2ncc(Cl)cc2Cl)c(C)c1C(=O)O. The predicted molar refractivity (Wildman–Crippen MR) is 67.8 cm³/mol. The van der Waals surface area contributed by atoms with Crippen molar-refractivity contribution in [1.82, 2.24) is 14.8 Å². The van der Waals surface area contributed by atoms with E-state index in [-0.39, 0.29) is 5.56 Å². The highest BCUT2D eigenvalue weighted by Gasteiger charge is 2.20. The highest BCUT2D eigenvalue weighted by molar-refractivity contribution is 6.35. The molecule has 2 heterocycles. The van der Waals surface area contributed by atoms with E-state index in [1.165, 1.54) is 16.9 Å². The average Bonchev–Trinajstić information content (AvgIpc) is 2.54. The molecule has 2 rings (SSSR count). The highest BCUT2D eigenvalue weighted by atomic mass is 35.5. The Labute approximate surface area is 113 Å². The number of nitrogens with zero attached hydrogens (tertiary/aromatic N) is 3. The van der Waals surface area contributed by atoms with Crippen molar-refractivity contribution in [2.45, 2.75) is 13.8 Å². The number of carboxylic acid groups (broad SMARTS) is 1. The second kappa shape index (κ2) is 4.59. The number of halogens is 2. The zero-order chi connectivity index (χ0) is 13.4. The Kier molecular flexibility index (Phi) is 3.28. The van der Waals surface area contributed by atoms with E-state index in [2.05, 4.69) is 10.1 Å². The summed E-state index contributed by atoms with van der Waals surface area (Å²) in [6, 6.07) is 1.53. The minimum Gasteiger partial charge on any atom is -0.478 e. The second-order valence-electron chi connectivity index (χ2n) is 3.72. The van der Waals surface area contributed by atoms with E-state index in [9.17, 15) is 4.79 Å². The van der Waals surface area contributed by atoms with Gasteiger partial charge >= 0.3 is 5.97 Å². The lowest BCUT2D eigenvalue weighted by molar-refractivity contribution is 0.0695. The van der Waals surface area contributed by atoms with Crippen molar-refractivity contribution in [2.75, 3.05) is 0 Å².